The molecule has 2 rings (SSSR count). The molecule has 2 heteroatoms. The summed E-state index contributed by atoms with van der Waals surface area (Å²) in [6.07, 6.45) is 2.67. The molecule has 0 saturated carbocycles. The van der Waals surface area contributed by atoms with Gasteiger partial charge in [-0.2, -0.15) is 0 Å². The smallest absolute Gasteiger partial charge is 0.0366 e. The molecule has 1 aliphatic rings. The Kier molecular flexibility index (Phi) is 3.68. The number of halogens is 1. The summed E-state index contributed by atoms with van der Waals surface area (Å²) in [7, 11) is 0. The molecule has 1 nitrogen and oxygen atoms in total. The summed E-state index contributed by atoms with van der Waals surface area (Å²) in [6, 6.07) is 8.91. The minimum Gasteiger partial charge on any atom is -0.371 e. The molecule has 1 saturated heterocycles. The van der Waals surface area contributed by atoms with Crippen molar-refractivity contribution in [3.8, 4) is 0 Å². The molecule has 1 heterocycles. The van der Waals surface area contributed by atoms with Crippen molar-refractivity contribution in [3.05, 3.63) is 29.8 Å². The third-order valence-corrected chi connectivity index (χ3v) is 3.97. The summed E-state index contributed by atoms with van der Waals surface area (Å²) in [5.41, 5.74) is 2.74. The summed E-state index contributed by atoms with van der Waals surface area (Å²) in [5, 5.41) is 0.949. The molecule has 1 fully saturated rings. The monoisotopic (exact) mass is 267 g/mol. The van der Waals surface area contributed by atoms with Crippen LogP contribution in [-0.2, 0) is 5.33 Å². The fourth-order valence-corrected chi connectivity index (χ4v) is 2.57. The second-order valence-corrected chi connectivity index (χ2v) is 4.87. The maximum absolute atomic E-state index is 3.47. The van der Waals surface area contributed by atoms with Gasteiger partial charge < -0.3 is 4.90 Å². The van der Waals surface area contributed by atoms with Gasteiger partial charge in [-0.1, -0.05) is 41.4 Å². The third kappa shape index (κ3) is 2.54. The molecule has 1 unspecified atom stereocenters. The van der Waals surface area contributed by atoms with Gasteiger partial charge in [0.05, 0.1) is 0 Å². The lowest BCUT2D eigenvalue weighted by molar-refractivity contribution is 0.569. The first-order chi connectivity index (χ1) is 7.33. The van der Waals surface area contributed by atoms with Crippen molar-refractivity contribution in [3.63, 3.8) is 0 Å². The van der Waals surface area contributed by atoms with Gasteiger partial charge in [0.1, 0.15) is 0 Å². The molecule has 1 aromatic carbocycles. The molecule has 1 atom stereocenters. The second kappa shape index (κ2) is 5.02. The van der Waals surface area contributed by atoms with E-state index in [4.69, 9.17) is 0 Å². The molecule has 0 radical (unpaired) electrons. The SMILES string of the molecule is CCC1CCN(c2ccc(CBr)cc2)C1. The number of hydrogen-bond donors (Lipinski definition) is 0. The molecule has 0 bridgehead atoms. The van der Waals surface area contributed by atoms with Crippen LogP contribution < -0.4 is 4.90 Å². The van der Waals surface area contributed by atoms with Crippen molar-refractivity contribution >= 4 is 21.6 Å². The van der Waals surface area contributed by atoms with Crippen LogP contribution in [0.3, 0.4) is 0 Å². The van der Waals surface area contributed by atoms with Gasteiger partial charge in [0, 0.05) is 24.1 Å². The lowest BCUT2D eigenvalue weighted by Gasteiger charge is -2.18. The zero-order chi connectivity index (χ0) is 10.7. The summed E-state index contributed by atoms with van der Waals surface area (Å²) < 4.78 is 0. The normalized spacial score (nSPS) is 20.9. The van der Waals surface area contributed by atoms with Gasteiger partial charge in [-0.25, -0.2) is 0 Å². The van der Waals surface area contributed by atoms with E-state index in [1.807, 2.05) is 0 Å². The van der Waals surface area contributed by atoms with Crippen LogP contribution in [0.4, 0.5) is 5.69 Å². The van der Waals surface area contributed by atoms with Crippen LogP contribution in [0, 0.1) is 5.92 Å². The first kappa shape index (κ1) is 11.0. The lowest BCUT2D eigenvalue weighted by Crippen LogP contribution is -2.19. The van der Waals surface area contributed by atoms with Crippen molar-refractivity contribution in [2.24, 2.45) is 5.92 Å². The number of hydrogen-bond acceptors (Lipinski definition) is 1. The predicted octanol–water partition coefficient (Wildman–Crippen LogP) is 3.82. The average Bonchev–Trinajstić information content (AvgIpc) is 2.78. The molecule has 0 aromatic heterocycles. The highest BCUT2D eigenvalue weighted by atomic mass is 79.9. The average molecular weight is 268 g/mol. The lowest BCUT2D eigenvalue weighted by atomic mass is 10.1. The van der Waals surface area contributed by atoms with Crippen molar-refractivity contribution in [2.75, 3.05) is 18.0 Å². The minimum absolute atomic E-state index is 0.904. The van der Waals surface area contributed by atoms with Crippen molar-refractivity contribution in [1.29, 1.82) is 0 Å². The second-order valence-electron chi connectivity index (χ2n) is 4.31. The zero-order valence-corrected chi connectivity index (χ0v) is 10.8. The summed E-state index contributed by atoms with van der Waals surface area (Å²) in [4.78, 5) is 2.51. The number of anilines is 1. The Morgan fingerprint density at radius 1 is 1.33 bits per heavy atom. The highest BCUT2D eigenvalue weighted by Gasteiger charge is 2.20. The number of alkyl halides is 1. The Morgan fingerprint density at radius 2 is 2.07 bits per heavy atom. The van der Waals surface area contributed by atoms with Crippen LogP contribution in [0.15, 0.2) is 24.3 Å². The van der Waals surface area contributed by atoms with E-state index in [0.717, 1.165) is 11.2 Å². The third-order valence-electron chi connectivity index (χ3n) is 3.32. The van der Waals surface area contributed by atoms with Gasteiger partial charge >= 0.3 is 0 Å². The number of rotatable bonds is 3. The van der Waals surface area contributed by atoms with Crippen LogP contribution in [0.1, 0.15) is 25.3 Å². The van der Waals surface area contributed by atoms with E-state index in [0.29, 0.717) is 0 Å². The van der Waals surface area contributed by atoms with Crippen molar-refractivity contribution in [2.45, 2.75) is 25.1 Å². The maximum atomic E-state index is 3.47. The van der Waals surface area contributed by atoms with E-state index in [1.54, 1.807) is 0 Å². The Labute approximate surface area is 101 Å². The van der Waals surface area contributed by atoms with Gasteiger partial charge in [0.25, 0.3) is 0 Å². The number of nitrogens with zero attached hydrogens (tertiary/aromatic N) is 1. The fourth-order valence-electron chi connectivity index (χ4n) is 2.20. The van der Waals surface area contributed by atoms with E-state index in [2.05, 4.69) is 52.0 Å². The van der Waals surface area contributed by atoms with E-state index >= 15 is 0 Å². The Balaban J connectivity index is 2.04. The fraction of sp³-hybridized carbons (Fsp3) is 0.538. The molecular weight excluding hydrogens is 250 g/mol. The van der Waals surface area contributed by atoms with Crippen LogP contribution in [0.5, 0.6) is 0 Å². The van der Waals surface area contributed by atoms with Gasteiger partial charge in [-0.15, -0.1) is 0 Å². The molecule has 1 aliphatic heterocycles. The standard InChI is InChI=1S/C13H18BrN/c1-2-11-7-8-15(10-11)13-5-3-12(9-14)4-6-13/h3-6,11H,2,7-10H2,1H3. The quantitative estimate of drug-likeness (QED) is 0.753. The van der Waals surface area contributed by atoms with Gasteiger partial charge in [0.2, 0.25) is 0 Å². The topological polar surface area (TPSA) is 3.24 Å². The van der Waals surface area contributed by atoms with E-state index in [-0.39, 0.29) is 0 Å². The Hall–Kier alpha value is -0.500. The zero-order valence-electron chi connectivity index (χ0n) is 9.25. The first-order valence-electron chi connectivity index (χ1n) is 5.73. The molecule has 0 aliphatic carbocycles. The highest BCUT2D eigenvalue weighted by molar-refractivity contribution is 9.08. The maximum Gasteiger partial charge on any atom is 0.0366 e. The molecule has 0 spiro atoms. The predicted molar refractivity (Wildman–Crippen MR) is 69.7 cm³/mol. The van der Waals surface area contributed by atoms with E-state index in [1.165, 1.54) is 37.2 Å². The van der Waals surface area contributed by atoms with Crippen LogP contribution in [0.2, 0.25) is 0 Å². The molecular formula is C13H18BrN. The van der Waals surface area contributed by atoms with Crippen molar-refractivity contribution < 1.29 is 0 Å². The highest BCUT2D eigenvalue weighted by Crippen LogP contribution is 2.25. The Bertz CT molecular complexity index is 307. The van der Waals surface area contributed by atoms with Crippen molar-refractivity contribution in [1.82, 2.24) is 0 Å². The first-order valence-corrected chi connectivity index (χ1v) is 6.85. The minimum atomic E-state index is 0.904. The van der Waals surface area contributed by atoms with Crippen LogP contribution in [-0.4, -0.2) is 13.1 Å². The molecule has 82 valence electrons. The van der Waals surface area contributed by atoms with Gasteiger partial charge in [0.15, 0.2) is 0 Å². The molecule has 15 heavy (non-hydrogen) atoms. The Morgan fingerprint density at radius 3 is 2.60 bits per heavy atom. The van der Waals surface area contributed by atoms with E-state index in [9.17, 15) is 0 Å². The summed E-state index contributed by atoms with van der Waals surface area (Å²) in [6.45, 7) is 4.76. The molecule has 1 aromatic rings. The van der Waals surface area contributed by atoms with E-state index < -0.39 is 0 Å². The van der Waals surface area contributed by atoms with Crippen LogP contribution in [0.25, 0.3) is 0 Å². The van der Waals surface area contributed by atoms with Gasteiger partial charge in [-0.05, 0) is 30.0 Å². The molecule has 0 amide bonds. The summed E-state index contributed by atoms with van der Waals surface area (Å²) >= 11 is 3.47. The number of benzene rings is 1. The summed E-state index contributed by atoms with van der Waals surface area (Å²) in [5.74, 6) is 0.904. The largest absolute Gasteiger partial charge is 0.371 e. The van der Waals surface area contributed by atoms with Crippen LogP contribution >= 0.6 is 15.9 Å². The molecule has 0 N–H and O–H groups in total. The van der Waals surface area contributed by atoms with Gasteiger partial charge in [-0.3, -0.25) is 0 Å².